The van der Waals surface area contributed by atoms with E-state index in [0.29, 0.717) is 5.92 Å². The lowest BCUT2D eigenvalue weighted by molar-refractivity contribution is 0.408. The van der Waals surface area contributed by atoms with Gasteiger partial charge in [0.1, 0.15) is 5.75 Å². The third kappa shape index (κ3) is 4.30. The van der Waals surface area contributed by atoms with Gasteiger partial charge in [-0.15, -0.1) is 0 Å². The van der Waals surface area contributed by atoms with Crippen molar-refractivity contribution in [1.82, 2.24) is 0 Å². The average Bonchev–Trinajstić information content (AvgIpc) is 2.65. The van der Waals surface area contributed by atoms with Gasteiger partial charge in [-0.3, -0.25) is 0 Å². The van der Waals surface area contributed by atoms with E-state index < -0.39 is 0 Å². The number of para-hydroxylation sites is 1. The predicted octanol–water partition coefficient (Wildman–Crippen LogP) is 6.08. The van der Waals surface area contributed by atoms with Crippen LogP contribution in [0.4, 0.5) is 0 Å². The Bertz CT molecular complexity index is 755. The minimum atomic E-state index is 0.395. The first kappa shape index (κ1) is 17.3. The van der Waals surface area contributed by atoms with Crippen LogP contribution in [0.25, 0.3) is 0 Å². The summed E-state index contributed by atoms with van der Waals surface area (Å²) in [6.45, 7) is 4.28. The minimum absolute atomic E-state index is 0.395. The first-order valence-corrected chi connectivity index (χ1v) is 8.92. The van der Waals surface area contributed by atoms with Gasteiger partial charge in [0.2, 0.25) is 0 Å². The summed E-state index contributed by atoms with van der Waals surface area (Å²) in [6, 6.07) is 26.2. The van der Waals surface area contributed by atoms with Gasteiger partial charge in [-0.1, -0.05) is 77.9 Å². The molecule has 0 unspecified atom stereocenters. The molecule has 25 heavy (non-hydrogen) atoms. The Morgan fingerprint density at radius 1 is 0.720 bits per heavy atom. The van der Waals surface area contributed by atoms with Crippen molar-refractivity contribution < 1.29 is 4.74 Å². The molecule has 1 heteroatoms. The van der Waals surface area contributed by atoms with E-state index in [9.17, 15) is 0 Å². The van der Waals surface area contributed by atoms with Crippen molar-refractivity contribution >= 4 is 0 Å². The monoisotopic (exact) mass is 330 g/mol. The molecule has 0 heterocycles. The first-order valence-electron chi connectivity index (χ1n) is 8.92. The third-order valence-corrected chi connectivity index (χ3v) is 4.85. The smallest absolute Gasteiger partial charge is 0.122 e. The van der Waals surface area contributed by atoms with Gasteiger partial charge in [0.15, 0.2) is 0 Å². The molecule has 0 spiro atoms. The summed E-state index contributed by atoms with van der Waals surface area (Å²) in [6.07, 6.45) is 2.06. The highest BCUT2D eigenvalue weighted by molar-refractivity contribution is 5.37. The van der Waals surface area contributed by atoms with Crippen molar-refractivity contribution in [3.05, 3.63) is 101 Å². The van der Waals surface area contributed by atoms with Crippen LogP contribution < -0.4 is 4.74 Å². The molecule has 0 atom stereocenters. The molecule has 0 N–H and O–H groups in total. The van der Waals surface area contributed by atoms with Crippen LogP contribution in [0.2, 0.25) is 0 Å². The molecular weight excluding hydrogens is 304 g/mol. The third-order valence-electron chi connectivity index (χ3n) is 4.85. The minimum Gasteiger partial charge on any atom is -0.496 e. The Labute approximate surface area is 151 Å². The summed E-state index contributed by atoms with van der Waals surface area (Å²) in [5.74, 6) is 1.38. The molecule has 0 amide bonds. The number of ether oxygens (including phenoxy) is 1. The molecule has 0 aliphatic rings. The van der Waals surface area contributed by atoms with E-state index in [1.165, 1.54) is 27.8 Å². The van der Waals surface area contributed by atoms with Crippen molar-refractivity contribution in [2.45, 2.75) is 32.6 Å². The zero-order valence-electron chi connectivity index (χ0n) is 15.3. The average molecular weight is 330 g/mol. The summed E-state index contributed by atoms with van der Waals surface area (Å²) < 4.78 is 5.52. The van der Waals surface area contributed by atoms with Gasteiger partial charge in [0.05, 0.1) is 7.11 Å². The molecular formula is C24H26O. The van der Waals surface area contributed by atoms with Crippen LogP contribution in [0.5, 0.6) is 5.75 Å². The number of rotatable bonds is 6. The fourth-order valence-electron chi connectivity index (χ4n) is 3.33. The fraction of sp³-hybridized carbons (Fsp3) is 0.250. The van der Waals surface area contributed by atoms with Gasteiger partial charge in [0.25, 0.3) is 0 Å². The molecule has 0 fully saturated rings. The van der Waals surface area contributed by atoms with Crippen molar-refractivity contribution in [2.75, 3.05) is 7.11 Å². The van der Waals surface area contributed by atoms with Gasteiger partial charge in [-0.25, -0.2) is 0 Å². The molecule has 1 nitrogen and oxygen atoms in total. The van der Waals surface area contributed by atoms with Crippen LogP contribution >= 0.6 is 0 Å². The Morgan fingerprint density at radius 3 is 1.76 bits per heavy atom. The van der Waals surface area contributed by atoms with E-state index in [2.05, 4.69) is 74.5 Å². The van der Waals surface area contributed by atoms with E-state index >= 15 is 0 Å². The largest absolute Gasteiger partial charge is 0.496 e. The fourth-order valence-corrected chi connectivity index (χ4v) is 3.33. The van der Waals surface area contributed by atoms with Crippen LogP contribution in [0.3, 0.4) is 0 Å². The highest BCUT2D eigenvalue weighted by Crippen LogP contribution is 2.31. The number of methoxy groups -OCH3 is 1. The van der Waals surface area contributed by atoms with E-state index in [4.69, 9.17) is 4.74 Å². The maximum atomic E-state index is 5.52. The number of hydrogen-bond acceptors (Lipinski definition) is 1. The summed E-state index contributed by atoms with van der Waals surface area (Å²) >= 11 is 0. The second-order valence-electron chi connectivity index (χ2n) is 6.72. The molecule has 0 aromatic heterocycles. The zero-order valence-corrected chi connectivity index (χ0v) is 15.3. The Balaban J connectivity index is 1.88. The lowest BCUT2D eigenvalue weighted by atomic mass is 9.85. The predicted molar refractivity (Wildman–Crippen MR) is 106 cm³/mol. The molecule has 0 aliphatic carbocycles. The topological polar surface area (TPSA) is 9.23 Å². The highest BCUT2D eigenvalue weighted by Gasteiger charge is 2.15. The van der Waals surface area contributed by atoms with Crippen molar-refractivity contribution in [3.63, 3.8) is 0 Å². The number of hydrogen-bond donors (Lipinski definition) is 0. The van der Waals surface area contributed by atoms with E-state index in [1.807, 2.05) is 12.1 Å². The molecule has 0 saturated heterocycles. The van der Waals surface area contributed by atoms with Crippen LogP contribution in [0.15, 0.2) is 72.8 Å². The van der Waals surface area contributed by atoms with E-state index in [1.54, 1.807) is 7.11 Å². The molecule has 0 bridgehead atoms. The summed E-state index contributed by atoms with van der Waals surface area (Å²) in [4.78, 5) is 0. The van der Waals surface area contributed by atoms with Crippen molar-refractivity contribution in [3.8, 4) is 5.75 Å². The van der Waals surface area contributed by atoms with Gasteiger partial charge >= 0.3 is 0 Å². The summed E-state index contributed by atoms with van der Waals surface area (Å²) in [5, 5.41) is 0. The number of benzene rings is 3. The van der Waals surface area contributed by atoms with Crippen molar-refractivity contribution in [1.29, 1.82) is 0 Å². The van der Waals surface area contributed by atoms with Gasteiger partial charge in [-0.2, -0.15) is 0 Å². The van der Waals surface area contributed by atoms with Crippen molar-refractivity contribution in [2.24, 2.45) is 0 Å². The second-order valence-corrected chi connectivity index (χ2v) is 6.72. The maximum absolute atomic E-state index is 5.52. The van der Waals surface area contributed by atoms with Gasteiger partial charge in [-0.05, 0) is 49.4 Å². The Morgan fingerprint density at radius 2 is 1.24 bits per heavy atom. The molecule has 3 rings (SSSR count). The lowest BCUT2D eigenvalue weighted by Gasteiger charge is -2.19. The van der Waals surface area contributed by atoms with Gasteiger partial charge in [0, 0.05) is 5.92 Å². The van der Waals surface area contributed by atoms with Crippen LogP contribution in [0.1, 0.15) is 40.2 Å². The molecule has 3 aromatic carbocycles. The molecule has 0 aliphatic heterocycles. The van der Waals surface area contributed by atoms with Crippen LogP contribution in [0, 0.1) is 13.8 Å². The Hall–Kier alpha value is -2.54. The SMILES string of the molecule is COc1ccccc1CCC(c1ccc(C)cc1)c1ccc(C)cc1. The zero-order chi connectivity index (χ0) is 17.6. The molecule has 0 saturated carbocycles. The van der Waals surface area contributed by atoms with E-state index in [-0.39, 0.29) is 0 Å². The maximum Gasteiger partial charge on any atom is 0.122 e. The normalized spacial score (nSPS) is 10.9. The highest BCUT2D eigenvalue weighted by atomic mass is 16.5. The first-order chi connectivity index (χ1) is 12.2. The van der Waals surface area contributed by atoms with Crippen LogP contribution in [-0.2, 0) is 6.42 Å². The van der Waals surface area contributed by atoms with Crippen LogP contribution in [-0.4, -0.2) is 7.11 Å². The lowest BCUT2D eigenvalue weighted by Crippen LogP contribution is -2.04. The van der Waals surface area contributed by atoms with E-state index in [0.717, 1.165) is 18.6 Å². The number of aryl methyl sites for hydroxylation is 3. The molecule has 128 valence electrons. The molecule has 3 aromatic rings. The Kier molecular flexibility index (Phi) is 5.55. The summed E-state index contributed by atoms with van der Waals surface area (Å²) in [7, 11) is 1.75. The molecule has 0 radical (unpaired) electrons. The second kappa shape index (κ2) is 8.02. The van der Waals surface area contributed by atoms with Gasteiger partial charge < -0.3 is 4.74 Å². The quantitative estimate of drug-likeness (QED) is 0.532. The standard InChI is InChI=1S/C24H26O/c1-18-8-12-20(13-9-18)23(21-14-10-19(2)11-15-21)17-16-22-6-4-5-7-24(22)25-3/h4-15,23H,16-17H2,1-3H3. The summed E-state index contributed by atoms with van der Waals surface area (Å²) in [5.41, 5.74) is 6.63.